The molecule has 1 aromatic heterocycles. The number of ether oxygens (including phenoxy) is 1. The summed E-state index contributed by atoms with van der Waals surface area (Å²) in [5.74, 6) is 2.69. The first kappa shape index (κ1) is 18.3. The topological polar surface area (TPSA) is 66.2 Å². The molecule has 7 heteroatoms. The Kier molecular flexibility index (Phi) is 5.06. The zero-order valence-corrected chi connectivity index (χ0v) is 16.4. The Labute approximate surface area is 162 Å². The number of hydrogen-bond acceptors (Lipinski definition) is 6. The molecule has 0 radical (unpaired) electrons. The Morgan fingerprint density at radius 3 is 3.00 bits per heavy atom. The predicted octanol–water partition coefficient (Wildman–Crippen LogP) is 2.95. The van der Waals surface area contributed by atoms with Crippen molar-refractivity contribution in [2.24, 2.45) is 0 Å². The lowest BCUT2D eigenvalue weighted by Crippen LogP contribution is -2.35. The summed E-state index contributed by atoms with van der Waals surface area (Å²) in [5, 5.41) is 10.1. The van der Waals surface area contributed by atoms with Gasteiger partial charge in [-0.25, -0.2) is 0 Å². The standard InChI is InChI=1S/C20H24N2O4S/c1-13-7-15-8-17(3-4-18(15)26-13)25-11-19-14(2)22(12-27-19)16-9-20(24)21(10-16)5-6-23/h3-4,7-8,16,23H,5-6,9-12H2,1-2H3. The third kappa shape index (κ3) is 3.66. The highest BCUT2D eigenvalue weighted by Gasteiger charge is 2.36. The van der Waals surface area contributed by atoms with Gasteiger partial charge in [0.05, 0.1) is 18.5 Å². The highest BCUT2D eigenvalue weighted by molar-refractivity contribution is 8.03. The number of rotatable bonds is 6. The SMILES string of the molecule is CC1=C(COc2ccc3oc(C)cc3c2)SCN1C1CC(=O)N(CCO)C1. The summed E-state index contributed by atoms with van der Waals surface area (Å²) in [4.78, 5) is 17.3. The van der Waals surface area contributed by atoms with E-state index in [-0.39, 0.29) is 18.6 Å². The second kappa shape index (κ2) is 7.48. The lowest BCUT2D eigenvalue weighted by atomic mass is 10.2. The van der Waals surface area contributed by atoms with Gasteiger partial charge in [0, 0.05) is 35.5 Å². The Morgan fingerprint density at radius 1 is 1.33 bits per heavy atom. The van der Waals surface area contributed by atoms with Crippen molar-refractivity contribution < 1.29 is 19.1 Å². The summed E-state index contributed by atoms with van der Waals surface area (Å²) < 4.78 is 11.6. The largest absolute Gasteiger partial charge is 0.488 e. The molecule has 2 aromatic rings. The maximum absolute atomic E-state index is 12.1. The summed E-state index contributed by atoms with van der Waals surface area (Å²) in [6, 6.07) is 8.06. The van der Waals surface area contributed by atoms with Crippen LogP contribution in [0, 0.1) is 6.92 Å². The number of aliphatic hydroxyl groups excluding tert-OH is 1. The van der Waals surface area contributed by atoms with E-state index in [1.54, 1.807) is 16.7 Å². The fourth-order valence-electron chi connectivity index (χ4n) is 3.72. The molecular formula is C20H24N2O4S. The van der Waals surface area contributed by atoms with Crippen molar-refractivity contribution in [3.05, 3.63) is 40.6 Å². The number of fused-ring (bicyclic) bond motifs is 1. The number of thioether (sulfide) groups is 1. The fourth-order valence-corrected chi connectivity index (χ4v) is 4.89. The molecule has 1 amide bonds. The van der Waals surface area contributed by atoms with E-state index in [2.05, 4.69) is 11.8 Å². The third-order valence-corrected chi connectivity index (χ3v) is 6.37. The van der Waals surface area contributed by atoms with E-state index >= 15 is 0 Å². The molecule has 2 aliphatic heterocycles. The van der Waals surface area contributed by atoms with Crippen LogP contribution in [0.5, 0.6) is 5.75 Å². The van der Waals surface area contributed by atoms with E-state index in [0.717, 1.165) is 28.4 Å². The summed E-state index contributed by atoms with van der Waals surface area (Å²) in [5.41, 5.74) is 2.05. The van der Waals surface area contributed by atoms with Crippen LogP contribution in [-0.4, -0.2) is 59.0 Å². The van der Waals surface area contributed by atoms with Gasteiger partial charge in [0.15, 0.2) is 0 Å². The van der Waals surface area contributed by atoms with Crippen molar-refractivity contribution in [3.8, 4) is 5.75 Å². The van der Waals surface area contributed by atoms with Crippen LogP contribution in [0.15, 0.2) is 39.3 Å². The van der Waals surface area contributed by atoms with Crippen LogP contribution in [0.4, 0.5) is 0 Å². The molecule has 3 heterocycles. The highest BCUT2D eigenvalue weighted by Crippen LogP contribution is 2.36. The molecule has 0 saturated carbocycles. The van der Waals surface area contributed by atoms with Gasteiger partial charge in [0.2, 0.25) is 5.91 Å². The summed E-state index contributed by atoms with van der Waals surface area (Å²) in [7, 11) is 0. The van der Waals surface area contributed by atoms with Gasteiger partial charge in [-0.3, -0.25) is 4.79 Å². The average Bonchev–Trinajstić information content (AvgIpc) is 3.30. The number of aryl methyl sites for hydroxylation is 1. The molecule has 1 atom stereocenters. The maximum atomic E-state index is 12.1. The minimum atomic E-state index is 0.0155. The van der Waals surface area contributed by atoms with Crippen molar-refractivity contribution in [2.75, 3.05) is 32.2 Å². The first-order valence-corrected chi connectivity index (χ1v) is 10.1. The van der Waals surface area contributed by atoms with Crippen molar-refractivity contribution in [3.63, 3.8) is 0 Å². The number of furan rings is 1. The number of benzene rings is 1. The Bertz CT molecular complexity index is 891. The minimum Gasteiger partial charge on any atom is -0.488 e. The van der Waals surface area contributed by atoms with Crippen molar-refractivity contribution >= 4 is 28.6 Å². The molecule has 1 unspecified atom stereocenters. The minimum absolute atomic E-state index is 0.0155. The van der Waals surface area contributed by atoms with E-state index in [4.69, 9.17) is 14.3 Å². The summed E-state index contributed by atoms with van der Waals surface area (Å²) in [6.45, 7) is 5.68. The number of allylic oxidation sites excluding steroid dienone is 1. The molecule has 0 spiro atoms. The average molecular weight is 388 g/mol. The molecule has 144 valence electrons. The van der Waals surface area contributed by atoms with Crippen molar-refractivity contribution in [1.82, 2.24) is 9.80 Å². The van der Waals surface area contributed by atoms with Crippen LogP contribution in [0.2, 0.25) is 0 Å². The molecule has 0 aliphatic carbocycles. The van der Waals surface area contributed by atoms with E-state index in [1.807, 2.05) is 31.2 Å². The quantitative estimate of drug-likeness (QED) is 0.821. The van der Waals surface area contributed by atoms with E-state index in [9.17, 15) is 4.79 Å². The van der Waals surface area contributed by atoms with Crippen molar-refractivity contribution in [2.45, 2.75) is 26.3 Å². The first-order chi connectivity index (χ1) is 13.0. The number of amides is 1. The predicted molar refractivity (Wildman–Crippen MR) is 106 cm³/mol. The van der Waals surface area contributed by atoms with Crippen LogP contribution >= 0.6 is 11.8 Å². The number of carbonyl (C=O) groups is 1. The van der Waals surface area contributed by atoms with Gasteiger partial charge in [-0.2, -0.15) is 0 Å². The normalized spacial score (nSPS) is 20.4. The van der Waals surface area contributed by atoms with E-state index < -0.39 is 0 Å². The molecule has 1 saturated heterocycles. The van der Waals surface area contributed by atoms with Crippen molar-refractivity contribution in [1.29, 1.82) is 0 Å². The highest BCUT2D eigenvalue weighted by atomic mass is 32.2. The molecule has 1 fully saturated rings. The monoisotopic (exact) mass is 388 g/mol. The molecule has 1 aromatic carbocycles. The maximum Gasteiger partial charge on any atom is 0.224 e. The first-order valence-electron chi connectivity index (χ1n) is 9.16. The van der Waals surface area contributed by atoms with Gasteiger partial charge in [-0.1, -0.05) is 0 Å². The Balaban J connectivity index is 1.40. The zero-order chi connectivity index (χ0) is 19.0. The van der Waals surface area contributed by atoms with Gasteiger partial charge < -0.3 is 24.1 Å². The fraction of sp³-hybridized carbons (Fsp3) is 0.450. The Hall–Kier alpha value is -2.12. The van der Waals surface area contributed by atoms with Crippen LogP contribution in [0.1, 0.15) is 19.1 Å². The van der Waals surface area contributed by atoms with Gasteiger partial charge in [0.1, 0.15) is 23.7 Å². The van der Waals surface area contributed by atoms with Gasteiger partial charge in [-0.05, 0) is 38.1 Å². The molecule has 27 heavy (non-hydrogen) atoms. The summed E-state index contributed by atoms with van der Waals surface area (Å²) in [6.07, 6.45) is 0.516. The van der Waals surface area contributed by atoms with Crippen LogP contribution < -0.4 is 4.74 Å². The molecule has 1 N–H and O–H groups in total. The molecule has 2 aliphatic rings. The van der Waals surface area contributed by atoms with Crippen LogP contribution in [0.3, 0.4) is 0 Å². The van der Waals surface area contributed by atoms with Crippen LogP contribution in [-0.2, 0) is 4.79 Å². The lowest BCUT2D eigenvalue weighted by Gasteiger charge is -2.26. The van der Waals surface area contributed by atoms with Gasteiger partial charge >= 0.3 is 0 Å². The van der Waals surface area contributed by atoms with Gasteiger partial charge in [-0.15, -0.1) is 11.8 Å². The van der Waals surface area contributed by atoms with Crippen LogP contribution in [0.25, 0.3) is 11.0 Å². The number of β-amino-alcohol motifs (C(OH)–C–C–N with tert-alkyl or cyclic N) is 1. The smallest absolute Gasteiger partial charge is 0.224 e. The second-order valence-corrected chi connectivity index (χ2v) is 8.06. The Morgan fingerprint density at radius 2 is 2.19 bits per heavy atom. The number of likely N-dealkylation sites (tertiary alicyclic amines) is 1. The lowest BCUT2D eigenvalue weighted by molar-refractivity contribution is -0.128. The number of carbonyl (C=O) groups excluding carboxylic acids is 1. The van der Waals surface area contributed by atoms with E-state index in [1.165, 1.54) is 10.6 Å². The number of hydrogen-bond donors (Lipinski definition) is 1. The number of nitrogens with zero attached hydrogens (tertiary/aromatic N) is 2. The van der Waals surface area contributed by atoms with E-state index in [0.29, 0.717) is 26.1 Å². The molecular weight excluding hydrogens is 364 g/mol. The zero-order valence-electron chi connectivity index (χ0n) is 15.6. The summed E-state index contributed by atoms with van der Waals surface area (Å²) >= 11 is 1.77. The molecule has 4 rings (SSSR count). The number of aliphatic hydroxyl groups is 1. The van der Waals surface area contributed by atoms with Gasteiger partial charge in [0.25, 0.3) is 0 Å². The molecule has 0 bridgehead atoms. The molecule has 6 nitrogen and oxygen atoms in total. The second-order valence-electron chi connectivity index (χ2n) is 7.02. The third-order valence-electron chi connectivity index (χ3n) is 5.20.